The summed E-state index contributed by atoms with van der Waals surface area (Å²) in [6.07, 6.45) is 1.13. The third-order valence-corrected chi connectivity index (χ3v) is 5.62. The highest BCUT2D eigenvalue weighted by Gasteiger charge is 2.14. The third-order valence-electron chi connectivity index (χ3n) is 4.65. The monoisotopic (exact) mass is 548 g/mol. The number of carboxylic acid groups (broad SMARTS) is 1. The van der Waals surface area contributed by atoms with Crippen LogP contribution in [-0.4, -0.2) is 23.8 Å². The number of halogens is 2. The van der Waals surface area contributed by atoms with Crippen LogP contribution in [0.3, 0.4) is 0 Å². The van der Waals surface area contributed by atoms with Crippen LogP contribution in [0.5, 0.6) is 11.5 Å². The maximum absolute atomic E-state index is 11.0. The molecule has 0 saturated heterocycles. The smallest absolute Gasteiger partial charge is 0.344 e. The molecule has 0 amide bonds. The summed E-state index contributed by atoms with van der Waals surface area (Å²) in [5, 5.41) is 9.70. The minimum Gasteiger partial charge on any atom is -0.489 e. The molecule has 31 heavy (non-hydrogen) atoms. The van der Waals surface area contributed by atoms with Gasteiger partial charge in [-0.05, 0) is 107 Å². The van der Waals surface area contributed by atoms with E-state index in [2.05, 4.69) is 46.9 Å². The van der Waals surface area contributed by atoms with Crippen LogP contribution in [0.25, 0.3) is 5.57 Å². The van der Waals surface area contributed by atoms with Gasteiger partial charge in [0.25, 0.3) is 0 Å². The van der Waals surface area contributed by atoms with Gasteiger partial charge in [-0.25, -0.2) is 4.79 Å². The second-order valence-corrected chi connectivity index (χ2v) is 8.65. The van der Waals surface area contributed by atoms with Crippen molar-refractivity contribution in [2.24, 2.45) is 0 Å². The summed E-state index contributed by atoms with van der Waals surface area (Å²) < 4.78 is 12.6. The molecule has 3 rings (SSSR count). The molecule has 0 radical (unpaired) electrons. The van der Waals surface area contributed by atoms with Crippen LogP contribution in [-0.2, 0) is 4.79 Å². The Bertz CT molecular complexity index is 1030. The highest BCUT2D eigenvalue weighted by atomic mass is 127. The quantitative estimate of drug-likeness (QED) is 0.322. The van der Waals surface area contributed by atoms with Crippen LogP contribution in [0.1, 0.15) is 23.6 Å². The van der Waals surface area contributed by atoms with Gasteiger partial charge >= 0.3 is 5.97 Å². The van der Waals surface area contributed by atoms with Crippen molar-refractivity contribution in [3.05, 3.63) is 98.1 Å². The van der Waals surface area contributed by atoms with E-state index in [1.807, 2.05) is 43.3 Å². The molecule has 3 aromatic carbocycles. The molecule has 1 N–H and O–H groups in total. The van der Waals surface area contributed by atoms with Crippen molar-refractivity contribution in [2.45, 2.75) is 20.0 Å². The van der Waals surface area contributed by atoms with Gasteiger partial charge in [0, 0.05) is 8.59 Å². The molecule has 160 valence electrons. The topological polar surface area (TPSA) is 55.8 Å². The van der Waals surface area contributed by atoms with Gasteiger partial charge in [-0.15, -0.1) is 0 Å². The predicted octanol–water partition coefficient (Wildman–Crippen LogP) is 6.62. The summed E-state index contributed by atoms with van der Waals surface area (Å²) in [5.41, 5.74) is 4.01. The van der Waals surface area contributed by atoms with Crippen molar-refractivity contribution in [3.8, 4) is 11.5 Å². The number of benzene rings is 3. The van der Waals surface area contributed by atoms with E-state index < -0.39 is 12.1 Å². The van der Waals surface area contributed by atoms with Crippen molar-refractivity contribution in [3.63, 3.8) is 0 Å². The zero-order valence-electron chi connectivity index (χ0n) is 17.1. The van der Waals surface area contributed by atoms with Crippen molar-refractivity contribution in [2.75, 3.05) is 6.61 Å². The van der Waals surface area contributed by atoms with E-state index in [0.717, 1.165) is 22.3 Å². The molecular formula is C25H22ClIO4. The summed E-state index contributed by atoms with van der Waals surface area (Å²) in [7, 11) is 0. The van der Waals surface area contributed by atoms with Gasteiger partial charge in [0.2, 0.25) is 0 Å². The Labute approximate surface area is 200 Å². The van der Waals surface area contributed by atoms with Crippen LogP contribution < -0.4 is 9.47 Å². The second-order valence-electron chi connectivity index (χ2n) is 6.97. The van der Waals surface area contributed by atoms with Gasteiger partial charge in [-0.2, -0.15) is 0 Å². The van der Waals surface area contributed by atoms with Crippen LogP contribution in [0.4, 0.5) is 0 Å². The Kier molecular flexibility index (Phi) is 7.98. The zero-order chi connectivity index (χ0) is 22.4. The number of carbonyl (C=O) groups is 1. The zero-order valence-corrected chi connectivity index (χ0v) is 20.1. The summed E-state index contributed by atoms with van der Waals surface area (Å²) in [5.74, 6) is 0.205. The first-order valence-electron chi connectivity index (χ1n) is 9.68. The Morgan fingerprint density at radius 3 is 2.26 bits per heavy atom. The second kappa shape index (κ2) is 10.7. The summed E-state index contributed by atoms with van der Waals surface area (Å²) >= 11 is 8.34. The maximum Gasteiger partial charge on any atom is 0.344 e. The average Bonchev–Trinajstić information content (AvgIpc) is 2.74. The highest BCUT2D eigenvalue weighted by Crippen LogP contribution is 2.27. The number of aliphatic carboxylic acids is 1. The first kappa shape index (κ1) is 23.2. The van der Waals surface area contributed by atoms with Crippen molar-refractivity contribution >= 4 is 45.7 Å². The Morgan fingerprint density at radius 2 is 1.68 bits per heavy atom. The number of carboxylic acids is 1. The van der Waals surface area contributed by atoms with Crippen molar-refractivity contribution in [1.82, 2.24) is 0 Å². The molecule has 1 atom stereocenters. The van der Waals surface area contributed by atoms with Crippen LogP contribution >= 0.6 is 34.2 Å². The third kappa shape index (κ3) is 6.48. The van der Waals surface area contributed by atoms with Gasteiger partial charge < -0.3 is 14.6 Å². The molecule has 0 bridgehead atoms. The van der Waals surface area contributed by atoms with Crippen molar-refractivity contribution < 1.29 is 19.4 Å². The lowest BCUT2D eigenvalue weighted by atomic mass is 9.98. The molecule has 0 aliphatic carbocycles. The fourth-order valence-electron chi connectivity index (χ4n) is 2.97. The summed E-state index contributed by atoms with van der Waals surface area (Å²) in [6, 6.07) is 21.4. The lowest BCUT2D eigenvalue weighted by molar-refractivity contribution is -0.144. The fourth-order valence-corrected chi connectivity index (χ4v) is 3.45. The van der Waals surface area contributed by atoms with E-state index in [9.17, 15) is 4.79 Å². The van der Waals surface area contributed by atoms with Crippen LogP contribution in [0.15, 0.2) is 72.8 Å². The standard InChI is InChI=1S/C25H22ClIO4/c1-16-15-22(11-12-24(16)31-17(2)25(28)29)30-14-13-23(18-3-7-20(26)8-4-18)19-5-9-21(27)10-6-19/h3-13,15,17H,14H2,1-2H3,(H,28,29). The first-order chi connectivity index (χ1) is 14.8. The maximum atomic E-state index is 11.0. The van der Waals surface area contributed by atoms with Gasteiger partial charge in [0.15, 0.2) is 6.10 Å². The molecule has 0 fully saturated rings. The largest absolute Gasteiger partial charge is 0.489 e. The first-order valence-corrected chi connectivity index (χ1v) is 11.1. The minimum atomic E-state index is -1.00. The van der Waals surface area contributed by atoms with E-state index in [4.69, 9.17) is 26.2 Å². The van der Waals surface area contributed by atoms with E-state index in [1.54, 1.807) is 12.1 Å². The normalized spacial score (nSPS) is 12.3. The molecule has 0 aromatic heterocycles. The Hall–Kier alpha value is -2.51. The number of ether oxygens (including phenoxy) is 2. The molecule has 0 spiro atoms. The van der Waals surface area contributed by atoms with Gasteiger partial charge in [0.05, 0.1) is 0 Å². The van der Waals surface area contributed by atoms with E-state index in [0.29, 0.717) is 23.1 Å². The molecule has 0 heterocycles. The summed E-state index contributed by atoms with van der Waals surface area (Å²) in [4.78, 5) is 11.0. The average molecular weight is 549 g/mol. The lowest BCUT2D eigenvalue weighted by Crippen LogP contribution is -2.23. The number of hydrogen-bond donors (Lipinski definition) is 1. The van der Waals surface area contributed by atoms with E-state index in [1.165, 1.54) is 10.5 Å². The lowest BCUT2D eigenvalue weighted by Gasteiger charge is -2.14. The highest BCUT2D eigenvalue weighted by molar-refractivity contribution is 14.1. The summed E-state index contributed by atoms with van der Waals surface area (Å²) in [6.45, 7) is 3.73. The molecule has 3 aromatic rings. The Balaban J connectivity index is 1.78. The minimum absolute atomic E-state index is 0.370. The molecule has 6 heteroatoms. The number of hydrogen-bond acceptors (Lipinski definition) is 3. The van der Waals surface area contributed by atoms with Crippen molar-refractivity contribution in [1.29, 1.82) is 0 Å². The van der Waals surface area contributed by atoms with Gasteiger partial charge in [-0.1, -0.05) is 35.9 Å². The molecule has 0 aliphatic rings. The van der Waals surface area contributed by atoms with Crippen LogP contribution in [0.2, 0.25) is 5.02 Å². The SMILES string of the molecule is Cc1cc(OCC=C(c2ccc(Cl)cc2)c2ccc(I)cc2)ccc1OC(C)C(=O)O. The number of aryl methyl sites for hydroxylation is 1. The molecule has 4 nitrogen and oxygen atoms in total. The molecule has 0 saturated carbocycles. The number of rotatable bonds is 8. The fraction of sp³-hybridized carbons (Fsp3) is 0.160. The van der Waals surface area contributed by atoms with Gasteiger partial charge in [-0.3, -0.25) is 0 Å². The van der Waals surface area contributed by atoms with E-state index >= 15 is 0 Å². The van der Waals surface area contributed by atoms with Gasteiger partial charge in [0.1, 0.15) is 18.1 Å². The molecule has 1 unspecified atom stereocenters. The Morgan fingerprint density at radius 1 is 1.06 bits per heavy atom. The predicted molar refractivity (Wildman–Crippen MR) is 132 cm³/mol. The molecule has 0 aliphatic heterocycles. The van der Waals surface area contributed by atoms with E-state index in [-0.39, 0.29) is 0 Å². The van der Waals surface area contributed by atoms with Crippen LogP contribution in [0, 0.1) is 10.5 Å². The molecular weight excluding hydrogens is 527 g/mol.